The zero-order valence-electron chi connectivity index (χ0n) is 17.3. The summed E-state index contributed by atoms with van der Waals surface area (Å²) in [5.74, 6) is -51.7. The zero-order chi connectivity index (χ0) is 30.9. The summed E-state index contributed by atoms with van der Waals surface area (Å²) < 4.78 is 243. The topological polar surface area (TPSA) is 98.1 Å². The van der Waals surface area contributed by atoms with E-state index < -0.39 is 74.4 Å². The lowest BCUT2D eigenvalue weighted by atomic mass is 9.91. The summed E-state index contributed by atoms with van der Waals surface area (Å²) in [4.78, 5) is 0. The van der Waals surface area contributed by atoms with Gasteiger partial charge < -0.3 is 15.3 Å². The summed E-state index contributed by atoms with van der Waals surface area (Å²) in [5, 5.41) is 16.0. The lowest BCUT2D eigenvalue weighted by Crippen LogP contribution is -2.75. The van der Waals surface area contributed by atoms with Gasteiger partial charge in [0.25, 0.3) is 10.0 Å². The van der Waals surface area contributed by atoms with Crippen LogP contribution in [0.25, 0.3) is 0 Å². The Balaban J connectivity index is 0. The minimum absolute atomic E-state index is 0.125. The zero-order valence-corrected chi connectivity index (χ0v) is 18.1. The number of nitrogens with zero attached hydrogens (tertiary/aromatic N) is 1. The Kier molecular flexibility index (Phi) is 11.2. The fourth-order valence-corrected chi connectivity index (χ4v) is 2.93. The predicted octanol–water partition coefficient (Wildman–Crippen LogP) is 3.18. The third-order valence-electron chi connectivity index (χ3n) is 3.94. The smallest absolute Gasteiger partial charge is 0.395 e. The van der Waals surface area contributed by atoms with Crippen LogP contribution < -0.4 is 0 Å². The molecule has 0 atom stereocenters. The van der Waals surface area contributed by atoms with Crippen LogP contribution in [-0.4, -0.2) is 108 Å². The molecule has 0 heterocycles. The maximum atomic E-state index is 13.7. The Labute approximate surface area is 194 Å². The van der Waals surface area contributed by atoms with Crippen molar-refractivity contribution < 1.29 is 98.4 Å². The summed E-state index contributed by atoms with van der Waals surface area (Å²) >= 11 is 0. The summed E-state index contributed by atoms with van der Waals surface area (Å²) in [7, 11) is -7.49. The van der Waals surface area contributed by atoms with Crippen LogP contribution in [0, 0.1) is 0 Å². The maximum Gasteiger partial charge on any atom is 0.460 e. The number of alkyl halides is 17. The fraction of sp³-hybridized carbons (Fsp3) is 1.00. The molecule has 0 bridgehead atoms. The first-order valence-corrected chi connectivity index (χ1v) is 9.83. The van der Waals surface area contributed by atoms with Crippen LogP contribution >= 0.6 is 0 Å². The van der Waals surface area contributed by atoms with E-state index in [1.807, 2.05) is 0 Å². The van der Waals surface area contributed by atoms with E-state index >= 15 is 0 Å². The Morgan fingerprint density at radius 2 is 0.784 bits per heavy atom. The normalized spacial score (nSPS) is 15.5. The van der Waals surface area contributed by atoms with Crippen LogP contribution in [0.5, 0.6) is 0 Å². The van der Waals surface area contributed by atoms with E-state index in [0.717, 1.165) is 0 Å². The molecule has 0 aromatic heterocycles. The van der Waals surface area contributed by atoms with Gasteiger partial charge in [-0.3, -0.25) is 0 Å². The quantitative estimate of drug-likeness (QED) is 0.309. The molecule has 0 fully saturated rings. The SMILES string of the molecule is CN(CCO)S(=O)(=O)C(F)(F)C(F)(F)C(F)(F)C(F)(F)C(F)(F)C(F)(F)C(F)(F)C(F)(F)F.OCCO. The van der Waals surface area contributed by atoms with Crippen molar-refractivity contribution >= 4 is 10.0 Å². The van der Waals surface area contributed by atoms with Gasteiger partial charge in [-0.1, -0.05) is 0 Å². The lowest BCUT2D eigenvalue weighted by Gasteiger charge is -2.42. The minimum atomic E-state index is -8.86. The molecule has 6 nitrogen and oxygen atoms in total. The van der Waals surface area contributed by atoms with Gasteiger partial charge in [0, 0.05) is 13.6 Å². The average Bonchev–Trinajstić information content (AvgIpc) is 2.72. The second-order valence-corrected chi connectivity index (χ2v) is 8.54. The van der Waals surface area contributed by atoms with Gasteiger partial charge in [0.05, 0.1) is 19.8 Å². The second kappa shape index (κ2) is 11.0. The van der Waals surface area contributed by atoms with Crippen LogP contribution in [0.4, 0.5) is 74.6 Å². The molecule has 0 spiro atoms. The van der Waals surface area contributed by atoms with E-state index in [1.165, 1.54) is 0 Å². The van der Waals surface area contributed by atoms with Crippen LogP contribution in [0.1, 0.15) is 0 Å². The number of aliphatic hydroxyl groups is 3. The highest BCUT2D eigenvalue weighted by Gasteiger charge is 2.96. The average molecular weight is 619 g/mol. The second-order valence-electron chi connectivity index (χ2n) is 6.46. The highest BCUT2D eigenvalue weighted by molar-refractivity contribution is 7.90. The largest absolute Gasteiger partial charge is 0.460 e. The number of halogens is 17. The molecule has 37 heavy (non-hydrogen) atoms. The van der Waals surface area contributed by atoms with Gasteiger partial charge in [0.2, 0.25) is 0 Å². The summed E-state index contributed by atoms with van der Waals surface area (Å²) in [6.45, 7) is -3.40. The standard InChI is InChI=1S/C11H8F17NO3S.C2H6O2/c1-29(2-3-30)33(31,32)11(27,28)9(22,23)7(18,19)5(14,15)4(12,13)6(16,17)8(20,21)10(24,25)26;3-1-2-4/h30H,2-3H2,1H3;3-4H,1-2H2. The monoisotopic (exact) mass is 619 g/mol. The molecule has 0 aliphatic rings. The van der Waals surface area contributed by atoms with Crippen molar-refractivity contribution in [3.8, 4) is 0 Å². The Morgan fingerprint density at radius 3 is 1.03 bits per heavy atom. The predicted molar refractivity (Wildman–Crippen MR) is 83.5 cm³/mol. The molecule has 0 radical (unpaired) electrons. The summed E-state index contributed by atoms with van der Waals surface area (Å²) in [5.41, 5.74) is 0. The number of hydrogen-bond acceptors (Lipinski definition) is 5. The van der Waals surface area contributed by atoms with E-state index in [0.29, 0.717) is 0 Å². The lowest BCUT2D eigenvalue weighted by molar-refractivity contribution is -0.458. The first-order chi connectivity index (χ1) is 15.9. The van der Waals surface area contributed by atoms with Crippen LogP contribution in [-0.2, 0) is 10.0 Å². The third-order valence-corrected chi connectivity index (χ3v) is 5.85. The van der Waals surface area contributed by atoms with Crippen molar-refractivity contribution in [1.82, 2.24) is 4.31 Å². The molecule has 0 rings (SSSR count). The Morgan fingerprint density at radius 1 is 0.514 bits per heavy atom. The molecule has 0 aromatic carbocycles. The molecule has 0 aromatic rings. The van der Waals surface area contributed by atoms with Gasteiger partial charge >= 0.3 is 47.0 Å². The third kappa shape index (κ3) is 5.66. The number of likely N-dealkylation sites (N-methyl/N-ethyl adjacent to an activating group) is 1. The van der Waals surface area contributed by atoms with Gasteiger partial charge in [-0.2, -0.15) is 78.9 Å². The van der Waals surface area contributed by atoms with Crippen molar-refractivity contribution in [1.29, 1.82) is 0 Å². The minimum Gasteiger partial charge on any atom is -0.395 e. The molecule has 0 amide bonds. The van der Waals surface area contributed by atoms with Gasteiger partial charge in [0.15, 0.2) is 0 Å². The Bertz CT molecular complexity index is 856. The molecule has 226 valence electrons. The molecule has 24 heteroatoms. The Hall–Kier alpha value is -1.40. The first-order valence-electron chi connectivity index (χ1n) is 8.39. The van der Waals surface area contributed by atoms with Crippen LogP contribution in [0.15, 0.2) is 0 Å². The molecular weight excluding hydrogens is 605 g/mol. The van der Waals surface area contributed by atoms with Gasteiger partial charge in [0.1, 0.15) is 0 Å². The molecule has 0 saturated heterocycles. The number of rotatable bonds is 11. The number of sulfonamides is 1. The molecule has 0 saturated carbocycles. The van der Waals surface area contributed by atoms with Gasteiger partial charge in [-0.15, -0.1) is 0 Å². The van der Waals surface area contributed by atoms with E-state index in [1.54, 1.807) is 0 Å². The van der Waals surface area contributed by atoms with E-state index in [-0.39, 0.29) is 20.3 Å². The maximum absolute atomic E-state index is 13.7. The molecule has 0 aliphatic heterocycles. The highest BCUT2D eigenvalue weighted by atomic mass is 32.2. The molecule has 0 unspecified atom stereocenters. The van der Waals surface area contributed by atoms with Crippen LogP contribution in [0.3, 0.4) is 0 Å². The molecular formula is C13H14F17NO5S. The number of hydrogen-bond donors (Lipinski definition) is 3. The van der Waals surface area contributed by atoms with Crippen molar-refractivity contribution in [2.75, 3.05) is 33.4 Å². The van der Waals surface area contributed by atoms with Crippen molar-refractivity contribution in [2.45, 2.75) is 47.0 Å². The fourth-order valence-electron chi connectivity index (χ4n) is 1.77. The molecule has 0 aliphatic carbocycles. The highest BCUT2D eigenvalue weighted by Crippen LogP contribution is 2.64. The van der Waals surface area contributed by atoms with E-state index in [2.05, 4.69) is 0 Å². The van der Waals surface area contributed by atoms with Gasteiger partial charge in [-0.05, 0) is 0 Å². The van der Waals surface area contributed by atoms with Crippen molar-refractivity contribution in [2.24, 2.45) is 0 Å². The summed E-state index contributed by atoms with van der Waals surface area (Å²) in [6.07, 6.45) is -7.88. The first kappa shape index (κ1) is 37.8. The number of aliphatic hydroxyl groups excluding tert-OH is 3. The van der Waals surface area contributed by atoms with Crippen LogP contribution in [0.2, 0.25) is 0 Å². The van der Waals surface area contributed by atoms with E-state index in [9.17, 15) is 83.1 Å². The van der Waals surface area contributed by atoms with Gasteiger partial charge in [-0.25, -0.2) is 8.42 Å². The van der Waals surface area contributed by atoms with Crippen molar-refractivity contribution in [3.63, 3.8) is 0 Å². The van der Waals surface area contributed by atoms with Crippen molar-refractivity contribution in [3.05, 3.63) is 0 Å². The summed E-state index contributed by atoms with van der Waals surface area (Å²) in [6, 6.07) is 0. The molecule has 3 N–H and O–H groups in total. The van der Waals surface area contributed by atoms with E-state index in [4.69, 9.17) is 15.3 Å².